The summed E-state index contributed by atoms with van der Waals surface area (Å²) < 4.78 is 34.7. The highest BCUT2D eigenvalue weighted by molar-refractivity contribution is 7.92. The van der Waals surface area contributed by atoms with E-state index < -0.39 is 10.0 Å². The van der Waals surface area contributed by atoms with Crippen LogP contribution in [0.1, 0.15) is 30.9 Å². The second kappa shape index (κ2) is 9.21. The zero-order valence-electron chi connectivity index (χ0n) is 20.3. The number of methoxy groups -OCH3 is 1. The van der Waals surface area contributed by atoms with Crippen LogP contribution in [0.2, 0.25) is 0 Å². The van der Waals surface area contributed by atoms with Gasteiger partial charge in [-0.05, 0) is 44.9 Å². The molecule has 1 atom stereocenters. The van der Waals surface area contributed by atoms with Crippen LogP contribution in [0.5, 0.6) is 5.75 Å². The molecule has 1 saturated carbocycles. The maximum Gasteiger partial charge on any atom is 0.236 e. The fraction of sp³-hybridized carbons (Fsp3) is 0.458. The van der Waals surface area contributed by atoms with Gasteiger partial charge < -0.3 is 10.5 Å². The molecule has 0 amide bonds. The third kappa shape index (κ3) is 4.63. The summed E-state index contributed by atoms with van der Waals surface area (Å²) in [4.78, 5) is 10.8. The van der Waals surface area contributed by atoms with E-state index in [1.165, 1.54) is 28.9 Å². The van der Waals surface area contributed by atoms with Gasteiger partial charge in [0.05, 0.1) is 18.5 Å². The fourth-order valence-corrected chi connectivity index (χ4v) is 5.88. The van der Waals surface area contributed by atoms with Crippen molar-refractivity contribution in [2.75, 3.05) is 39.5 Å². The molecule has 0 unspecified atom stereocenters. The van der Waals surface area contributed by atoms with E-state index in [0.29, 0.717) is 54.6 Å². The molecule has 1 saturated heterocycles. The Balaban J connectivity index is 1.43. The van der Waals surface area contributed by atoms with Crippen molar-refractivity contribution in [1.29, 1.82) is 0 Å². The van der Waals surface area contributed by atoms with Crippen LogP contribution in [0.25, 0.3) is 22.3 Å². The number of ether oxygens (including phenoxy) is 1. The van der Waals surface area contributed by atoms with E-state index in [9.17, 15) is 8.42 Å². The van der Waals surface area contributed by atoms with E-state index in [1.807, 2.05) is 32.2 Å². The number of aryl methyl sites for hydroxylation is 1. The van der Waals surface area contributed by atoms with Crippen molar-refractivity contribution in [2.24, 2.45) is 0 Å². The van der Waals surface area contributed by atoms with Crippen molar-refractivity contribution in [3.8, 4) is 17.0 Å². The number of anilines is 1. The van der Waals surface area contributed by atoms with E-state index in [1.54, 1.807) is 17.9 Å². The number of hydrogen-bond donors (Lipinski definition) is 1. The van der Waals surface area contributed by atoms with Crippen molar-refractivity contribution < 1.29 is 13.2 Å². The Labute approximate surface area is 205 Å². The minimum absolute atomic E-state index is 0.162. The minimum Gasteiger partial charge on any atom is -0.496 e. The number of hydrogen-bond acceptors (Lipinski definition) is 8. The van der Waals surface area contributed by atoms with Crippen LogP contribution in [0, 0.1) is 6.92 Å². The van der Waals surface area contributed by atoms with Crippen molar-refractivity contribution in [3.63, 3.8) is 0 Å². The number of rotatable bonds is 8. The number of nitrogens with zero attached hydrogens (tertiary/aromatic N) is 6. The molecule has 0 radical (unpaired) electrons. The van der Waals surface area contributed by atoms with Crippen molar-refractivity contribution >= 4 is 26.9 Å². The summed E-state index contributed by atoms with van der Waals surface area (Å²) in [5.74, 6) is 1.08. The van der Waals surface area contributed by atoms with Gasteiger partial charge in [-0.25, -0.2) is 23.1 Å². The van der Waals surface area contributed by atoms with Gasteiger partial charge in [-0.2, -0.15) is 9.40 Å². The second-order valence-electron chi connectivity index (χ2n) is 9.32. The van der Waals surface area contributed by atoms with Crippen molar-refractivity contribution in [1.82, 2.24) is 29.0 Å². The number of likely N-dealkylation sites (N-methyl/N-ethyl adjacent to an activating group) is 1. The molecule has 1 aliphatic carbocycles. The molecule has 3 aromatic rings. The smallest absolute Gasteiger partial charge is 0.236 e. The molecule has 186 valence electrons. The highest BCUT2D eigenvalue weighted by Crippen LogP contribution is 2.36. The number of nitrogen functional groups attached to an aromatic ring is 1. The summed E-state index contributed by atoms with van der Waals surface area (Å²) in [6.45, 7) is 3.35. The first-order chi connectivity index (χ1) is 16.8. The lowest BCUT2D eigenvalue weighted by Gasteiger charge is -2.15. The molecule has 5 rings (SSSR count). The fourth-order valence-electron chi connectivity index (χ4n) is 4.64. The summed E-state index contributed by atoms with van der Waals surface area (Å²) in [7, 11) is 0.146. The average Bonchev–Trinajstić information content (AvgIpc) is 3.43. The van der Waals surface area contributed by atoms with Crippen LogP contribution in [0.15, 0.2) is 36.0 Å². The molecule has 35 heavy (non-hydrogen) atoms. The molecule has 2 N–H and O–H groups in total. The first kappa shape index (κ1) is 23.7. The summed E-state index contributed by atoms with van der Waals surface area (Å²) in [6, 6.07) is 6.28. The number of fused-ring (bicyclic) bond motifs is 1. The molecule has 3 heterocycles. The van der Waals surface area contributed by atoms with E-state index in [0.717, 1.165) is 16.9 Å². The third-order valence-electron chi connectivity index (χ3n) is 6.86. The van der Waals surface area contributed by atoms with Gasteiger partial charge in [0.25, 0.3) is 0 Å². The largest absolute Gasteiger partial charge is 0.496 e. The highest BCUT2D eigenvalue weighted by Gasteiger charge is 2.33. The SMILES string of the molecule is COc1cc(-c2nn([C@@H]3CCN(S(=O)(=O)/C=C/CN(C)C4CC4)C3)c3ncnc(N)c23)ccc1C. The Kier molecular flexibility index (Phi) is 6.24. The van der Waals surface area contributed by atoms with Gasteiger partial charge in [-0.3, -0.25) is 4.90 Å². The highest BCUT2D eigenvalue weighted by atomic mass is 32.2. The van der Waals surface area contributed by atoms with Crippen LogP contribution >= 0.6 is 0 Å². The monoisotopic (exact) mass is 497 g/mol. The minimum atomic E-state index is -3.51. The van der Waals surface area contributed by atoms with Gasteiger partial charge >= 0.3 is 0 Å². The van der Waals surface area contributed by atoms with Crippen molar-refractivity contribution in [3.05, 3.63) is 41.6 Å². The number of aromatic nitrogens is 4. The normalized spacial score (nSPS) is 19.4. The predicted octanol–water partition coefficient (Wildman–Crippen LogP) is 2.58. The molecule has 1 aliphatic heterocycles. The van der Waals surface area contributed by atoms with Crippen LogP contribution in [0.3, 0.4) is 0 Å². The Hall–Kier alpha value is -3.02. The topological polar surface area (TPSA) is 119 Å². The number of benzene rings is 1. The Morgan fingerprint density at radius 3 is 2.80 bits per heavy atom. The molecule has 2 aromatic heterocycles. The summed E-state index contributed by atoms with van der Waals surface area (Å²) in [5, 5.41) is 6.86. The first-order valence-electron chi connectivity index (χ1n) is 11.8. The van der Waals surface area contributed by atoms with E-state index in [4.69, 9.17) is 15.6 Å². The molecule has 0 spiro atoms. The molecule has 2 fully saturated rings. The molecule has 11 heteroatoms. The van der Waals surface area contributed by atoms with E-state index >= 15 is 0 Å². The zero-order valence-corrected chi connectivity index (χ0v) is 21.1. The van der Waals surface area contributed by atoms with E-state index in [2.05, 4.69) is 14.9 Å². The number of nitrogens with two attached hydrogens (primary N) is 1. The average molecular weight is 498 g/mol. The Bertz CT molecular complexity index is 1380. The molecule has 0 bridgehead atoms. The van der Waals surface area contributed by atoms with Gasteiger partial charge in [0, 0.05) is 36.6 Å². The van der Waals surface area contributed by atoms with Crippen molar-refractivity contribution in [2.45, 2.75) is 38.3 Å². The molecular weight excluding hydrogens is 466 g/mol. The van der Waals surface area contributed by atoms with Crippen LogP contribution in [-0.4, -0.2) is 77.2 Å². The standard InChI is InChI=1S/C24H31N7O3S/c1-16-5-6-17(13-20(16)34-3)22-21-23(25)26-15-27-24(21)31(28-22)19-9-11-30(14-19)35(32,33)12-4-10-29(2)18-7-8-18/h4-6,12-13,15,18-19H,7-11,14H2,1-3H3,(H2,25,26,27)/b12-4+/t19-/m1/s1. The molecular formula is C24H31N7O3S. The first-order valence-corrected chi connectivity index (χ1v) is 13.3. The van der Waals surface area contributed by atoms with Crippen LogP contribution in [-0.2, 0) is 10.0 Å². The quantitative estimate of drug-likeness (QED) is 0.504. The number of sulfonamides is 1. The summed E-state index contributed by atoms with van der Waals surface area (Å²) in [6.07, 6.45) is 6.16. The van der Waals surface area contributed by atoms with Gasteiger partial charge in [-0.1, -0.05) is 18.2 Å². The predicted molar refractivity (Wildman–Crippen MR) is 135 cm³/mol. The van der Waals surface area contributed by atoms with Crippen LogP contribution in [0.4, 0.5) is 5.82 Å². The third-order valence-corrected chi connectivity index (χ3v) is 8.45. The Morgan fingerprint density at radius 2 is 2.06 bits per heavy atom. The summed E-state index contributed by atoms with van der Waals surface area (Å²) >= 11 is 0. The Morgan fingerprint density at radius 1 is 1.26 bits per heavy atom. The zero-order chi connectivity index (χ0) is 24.7. The van der Waals surface area contributed by atoms with E-state index in [-0.39, 0.29) is 6.04 Å². The lowest BCUT2D eigenvalue weighted by Crippen LogP contribution is -2.28. The lowest BCUT2D eigenvalue weighted by molar-refractivity contribution is 0.360. The van der Waals surface area contributed by atoms with Gasteiger partial charge in [0.1, 0.15) is 23.6 Å². The van der Waals surface area contributed by atoms with Gasteiger partial charge in [0.15, 0.2) is 5.65 Å². The molecule has 10 nitrogen and oxygen atoms in total. The molecule has 2 aliphatic rings. The van der Waals surface area contributed by atoms with Gasteiger partial charge in [0.2, 0.25) is 10.0 Å². The van der Waals surface area contributed by atoms with Crippen LogP contribution < -0.4 is 10.5 Å². The summed E-state index contributed by atoms with van der Waals surface area (Å²) in [5.41, 5.74) is 9.35. The lowest BCUT2D eigenvalue weighted by atomic mass is 10.1. The second-order valence-corrected chi connectivity index (χ2v) is 11.1. The molecule has 1 aromatic carbocycles. The van der Waals surface area contributed by atoms with Gasteiger partial charge in [-0.15, -0.1) is 0 Å². The maximum absolute atomic E-state index is 13.0. The maximum atomic E-state index is 13.0.